The van der Waals surface area contributed by atoms with Crippen molar-refractivity contribution < 1.29 is 4.79 Å². The largest absolute Gasteiger partial charge is 0.351 e. The summed E-state index contributed by atoms with van der Waals surface area (Å²) in [6.45, 7) is 7.65. The third-order valence-electron chi connectivity index (χ3n) is 2.93. The third kappa shape index (κ3) is 4.48. The maximum atomic E-state index is 12.2. The topological polar surface area (TPSA) is 85.8 Å². The Morgan fingerprint density at radius 1 is 1.35 bits per heavy atom. The molecule has 0 spiro atoms. The normalized spacial score (nSPS) is 12.9. The molecule has 0 aliphatic carbocycles. The average molecular weight is 398 g/mol. The van der Waals surface area contributed by atoms with Crippen molar-refractivity contribution in [2.24, 2.45) is 0 Å². The maximum Gasteiger partial charge on any atom is 0.233 e. The van der Waals surface area contributed by atoms with Crippen LogP contribution in [-0.4, -0.2) is 31.6 Å². The summed E-state index contributed by atoms with van der Waals surface area (Å²) in [4.78, 5) is 12.2. The molecular weight excluding hydrogens is 378 g/mol. The van der Waals surface area contributed by atoms with E-state index in [1.165, 1.54) is 16.4 Å². The number of hydrogen-bond donors (Lipinski definition) is 2. The molecular formula is C15H20BrN5OS. The third-order valence-corrected chi connectivity index (χ3v) is 4.68. The second-order valence-corrected chi connectivity index (χ2v) is 8.32. The zero-order chi connectivity index (χ0) is 17.2. The number of amides is 1. The van der Waals surface area contributed by atoms with Crippen LogP contribution in [0.4, 0.5) is 0 Å². The van der Waals surface area contributed by atoms with Crippen LogP contribution >= 0.6 is 27.7 Å². The highest BCUT2D eigenvalue weighted by atomic mass is 79.9. The number of nitrogens with one attached hydrogen (secondary N) is 1. The monoisotopic (exact) mass is 397 g/mol. The zero-order valence-electron chi connectivity index (χ0n) is 13.5. The van der Waals surface area contributed by atoms with Crippen LogP contribution < -0.4 is 11.2 Å². The highest BCUT2D eigenvalue weighted by Crippen LogP contribution is 2.29. The summed E-state index contributed by atoms with van der Waals surface area (Å²) < 4.78 is 2.29. The SMILES string of the molecule is C[C@@H](Sc1nnc(-c2ccccc2Br)n1N)C(=O)NC(C)(C)C. The lowest BCUT2D eigenvalue weighted by Gasteiger charge is -2.22. The predicted molar refractivity (Wildman–Crippen MR) is 96.5 cm³/mol. The highest BCUT2D eigenvalue weighted by molar-refractivity contribution is 9.10. The number of thioether (sulfide) groups is 1. The van der Waals surface area contributed by atoms with Gasteiger partial charge < -0.3 is 11.2 Å². The zero-order valence-corrected chi connectivity index (χ0v) is 15.9. The summed E-state index contributed by atoms with van der Waals surface area (Å²) in [6, 6.07) is 7.64. The number of benzene rings is 1. The molecule has 0 saturated carbocycles. The van der Waals surface area contributed by atoms with Crippen molar-refractivity contribution >= 4 is 33.6 Å². The standard InChI is InChI=1S/C15H20BrN5OS/c1-9(13(22)18-15(2,3)4)23-14-20-19-12(21(14)17)10-7-5-6-8-11(10)16/h5-9H,17H2,1-4H3,(H,18,22)/t9-/m1/s1. The molecule has 1 aromatic carbocycles. The van der Waals surface area contributed by atoms with Gasteiger partial charge in [-0.25, -0.2) is 4.68 Å². The Kier molecular flexibility index (Phi) is 5.36. The number of carbonyl (C=O) groups is 1. The van der Waals surface area contributed by atoms with Crippen LogP contribution in [0.25, 0.3) is 11.4 Å². The van der Waals surface area contributed by atoms with E-state index in [1.807, 2.05) is 52.0 Å². The van der Waals surface area contributed by atoms with Gasteiger partial charge in [0.15, 0.2) is 5.82 Å². The number of hydrogen-bond acceptors (Lipinski definition) is 5. The Balaban J connectivity index is 2.17. The van der Waals surface area contributed by atoms with Crippen LogP contribution in [-0.2, 0) is 4.79 Å². The minimum absolute atomic E-state index is 0.0621. The van der Waals surface area contributed by atoms with Gasteiger partial charge in [-0.15, -0.1) is 10.2 Å². The first-order valence-electron chi connectivity index (χ1n) is 7.13. The molecule has 0 aliphatic heterocycles. The van der Waals surface area contributed by atoms with Crippen molar-refractivity contribution in [3.8, 4) is 11.4 Å². The summed E-state index contributed by atoms with van der Waals surface area (Å²) in [6.07, 6.45) is 0. The van der Waals surface area contributed by atoms with E-state index in [9.17, 15) is 4.79 Å². The van der Waals surface area contributed by atoms with Crippen LogP contribution in [0.3, 0.4) is 0 Å². The molecule has 0 radical (unpaired) electrons. The van der Waals surface area contributed by atoms with Gasteiger partial charge in [0, 0.05) is 15.6 Å². The van der Waals surface area contributed by atoms with Crippen molar-refractivity contribution in [3.63, 3.8) is 0 Å². The second-order valence-electron chi connectivity index (χ2n) is 6.16. The fourth-order valence-electron chi connectivity index (χ4n) is 1.87. The molecule has 8 heteroatoms. The van der Waals surface area contributed by atoms with Gasteiger partial charge in [0.25, 0.3) is 0 Å². The summed E-state index contributed by atoms with van der Waals surface area (Å²) in [5.74, 6) is 6.58. The van der Waals surface area contributed by atoms with E-state index in [4.69, 9.17) is 5.84 Å². The van der Waals surface area contributed by atoms with Gasteiger partial charge in [0.1, 0.15) is 0 Å². The fraction of sp³-hybridized carbons (Fsp3) is 0.400. The average Bonchev–Trinajstić information content (AvgIpc) is 2.79. The summed E-state index contributed by atoms with van der Waals surface area (Å²) in [5.41, 5.74) is 0.573. The number of nitrogens with zero attached hydrogens (tertiary/aromatic N) is 3. The fourth-order valence-corrected chi connectivity index (χ4v) is 3.10. The number of carbonyl (C=O) groups excluding carboxylic acids is 1. The smallest absolute Gasteiger partial charge is 0.233 e. The van der Waals surface area contributed by atoms with Crippen LogP contribution in [0, 0.1) is 0 Å². The van der Waals surface area contributed by atoms with E-state index in [0.29, 0.717) is 11.0 Å². The molecule has 3 N–H and O–H groups in total. The minimum Gasteiger partial charge on any atom is -0.351 e. The second kappa shape index (κ2) is 6.92. The van der Waals surface area contributed by atoms with Crippen molar-refractivity contribution in [2.45, 2.75) is 43.6 Å². The van der Waals surface area contributed by atoms with Crippen molar-refractivity contribution in [2.75, 3.05) is 5.84 Å². The molecule has 23 heavy (non-hydrogen) atoms. The van der Waals surface area contributed by atoms with Crippen molar-refractivity contribution in [1.29, 1.82) is 0 Å². The Bertz CT molecular complexity index is 710. The van der Waals surface area contributed by atoms with Crippen LogP contribution in [0.1, 0.15) is 27.7 Å². The quantitative estimate of drug-likeness (QED) is 0.611. The van der Waals surface area contributed by atoms with E-state index >= 15 is 0 Å². The Morgan fingerprint density at radius 3 is 2.61 bits per heavy atom. The van der Waals surface area contributed by atoms with E-state index < -0.39 is 0 Å². The molecule has 6 nitrogen and oxygen atoms in total. The van der Waals surface area contributed by atoms with Crippen molar-refractivity contribution in [3.05, 3.63) is 28.7 Å². The predicted octanol–water partition coefficient (Wildman–Crippen LogP) is 2.82. The van der Waals surface area contributed by atoms with Gasteiger partial charge in [-0.1, -0.05) is 39.8 Å². The Labute approximate surface area is 148 Å². The van der Waals surface area contributed by atoms with E-state index in [1.54, 1.807) is 0 Å². The van der Waals surface area contributed by atoms with Crippen LogP contribution in [0.5, 0.6) is 0 Å². The summed E-state index contributed by atoms with van der Waals surface area (Å²) in [7, 11) is 0. The van der Waals surface area contributed by atoms with E-state index in [0.717, 1.165) is 10.0 Å². The molecule has 0 unspecified atom stereocenters. The highest BCUT2D eigenvalue weighted by Gasteiger charge is 2.23. The molecule has 1 heterocycles. The van der Waals surface area contributed by atoms with Gasteiger partial charge >= 0.3 is 0 Å². The molecule has 0 saturated heterocycles. The number of halogens is 1. The molecule has 1 amide bonds. The first-order valence-corrected chi connectivity index (χ1v) is 8.80. The van der Waals surface area contributed by atoms with Crippen LogP contribution in [0.15, 0.2) is 33.9 Å². The van der Waals surface area contributed by atoms with Gasteiger partial charge in [-0.3, -0.25) is 4.79 Å². The lowest BCUT2D eigenvalue weighted by molar-refractivity contribution is -0.121. The Hall–Kier alpha value is -1.54. The van der Waals surface area contributed by atoms with Gasteiger partial charge in [0.05, 0.1) is 5.25 Å². The van der Waals surface area contributed by atoms with Gasteiger partial charge in [-0.2, -0.15) is 0 Å². The molecule has 1 atom stereocenters. The minimum atomic E-state index is -0.326. The molecule has 1 aromatic heterocycles. The Morgan fingerprint density at radius 2 is 2.00 bits per heavy atom. The molecule has 2 aromatic rings. The molecule has 0 aliphatic rings. The summed E-state index contributed by atoms with van der Waals surface area (Å²) in [5, 5.41) is 11.3. The molecule has 124 valence electrons. The number of aromatic nitrogens is 3. The van der Waals surface area contributed by atoms with Crippen LogP contribution in [0.2, 0.25) is 0 Å². The first kappa shape index (κ1) is 17.8. The molecule has 2 rings (SSSR count). The van der Waals surface area contributed by atoms with E-state index in [-0.39, 0.29) is 16.7 Å². The lowest BCUT2D eigenvalue weighted by Crippen LogP contribution is -2.44. The number of rotatable bonds is 4. The number of nitrogen functional groups attached to an aromatic ring is 1. The maximum absolute atomic E-state index is 12.2. The summed E-state index contributed by atoms with van der Waals surface area (Å²) >= 11 is 4.75. The molecule has 0 fully saturated rings. The van der Waals surface area contributed by atoms with Gasteiger partial charge in [-0.05, 0) is 39.8 Å². The van der Waals surface area contributed by atoms with E-state index in [2.05, 4.69) is 31.4 Å². The number of nitrogens with two attached hydrogens (primary N) is 1. The van der Waals surface area contributed by atoms with Gasteiger partial charge in [0.2, 0.25) is 11.1 Å². The van der Waals surface area contributed by atoms with Crippen molar-refractivity contribution in [1.82, 2.24) is 20.2 Å². The molecule has 0 bridgehead atoms. The first-order chi connectivity index (χ1) is 10.7. The lowest BCUT2D eigenvalue weighted by atomic mass is 10.1.